The van der Waals surface area contributed by atoms with Crippen molar-refractivity contribution in [3.05, 3.63) is 30.2 Å². The summed E-state index contributed by atoms with van der Waals surface area (Å²) in [6.45, 7) is 4.91. The number of anilines is 1. The van der Waals surface area contributed by atoms with Crippen molar-refractivity contribution in [2.45, 2.75) is 20.3 Å². The van der Waals surface area contributed by atoms with E-state index in [4.69, 9.17) is 0 Å². The molecule has 0 aliphatic rings. The molecule has 20 heavy (non-hydrogen) atoms. The molecular formula is C14H16N6. The van der Waals surface area contributed by atoms with Crippen LogP contribution in [0.1, 0.15) is 19.0 Å². The van der Waals surface area contributed by atoms with Crippen LogP contribution in [-0.2, 0) is 0 Å². The van der Waals surface area contributed by atoms with Crippen molar-refractivity contribution in [2.24, 2.45) is 0 Å². The van der Waals surface area contributed by atoms with E-state index in [1.54, 1.807) is 6.20 Å². The summed E-state index contributed by atoms with van der Waals surface area (Å²) < 4.78 is 0. The van der Waals surface area contributed by atoms with Gasteiger partial charge in [0.2, 0.25) is 5.95 Å². The number of aromatic nitrogens is 5. The Morgan fingerprint density at radius 2 is 2.10 bits per heavy atom. The Labute approximate surface area is 116 Å². The van der Waals surface area contributed by atoms with Gasteiger partial charge in [0.05, 0.1) is 17.3 Å². The third-order valence-corrected chi connectivity index (χ3v) is 3.03. The fourth-order valence-electron chi connectivity index (χ4n) is 1.98. The van der Waals surface area contributed by atoms with Crippen LogP contribution in [0.2, 0.25) is 0 Å². The van der Waals surface area contributed by atoms with Gasteiger partial charge in [-0.2, -0.15) is 10.1 Å². The first kappa shape index (κ1) is 12.5. The zero-order valence-corrected chi connectivity index (χ0v) is 11.5. The monoisotopic (exact) mass is 268 g/mol. The topological polar surface area (TPSA) is 79.4 Å². The van der Waals surface area contributed by atoms with Crippen LogP contribution in [0.25, 0.3) is 22.3 Å². The second-order valence-electron chi connectivity index (χ2n) is 4.64. The first-order chi connectivity index (χ1) is 9.78. The fraction of sp³-hybridized carbons (Fsp3) is 0.286. The van der Waals surface area contributed by atoms with Gasteiger partial charge in [0, 0.05) is 24.0 Å². The predicted octanol–water partition coefficient (Wildman–Crippen LogP) is 2.55. The van der Waals surface area contributed by atoms with Crippen molar-refractivity contribution in [2.75, 3.05) is 11.9 Å². The van der Waals surface area contributed by atoms with Gasteiger partial charge in [0.25, 0.3) is 0 Å². The van der Waals surface area contributed by atoms with Gasteiger partial charge >= 0.3 is 0 Å². The minimum absolute atomic E-state index is 0.610. The Balaban J connectivity index is 2.11. The summed E-state index contributed by atoms with van der Waals surface area (Å²) in [4.78, 5) is 13.3. The van der Waals surface area contributed by atoms with Gasteiger partial charge in [0.1, 0.15) is 0 Å². The lowest BCUT2D eigenvalue weighted by molar-refractivity contribution is 0.955. The summed E-state index contributed by atoms with van der Waals surface area (Å²) in [6.07, 6.45) is 4.59. The fourth-order valence-corrected chi connectivity index (χ4v) is 1.98. The van der Waals surface area contributed by atoms with Crippen LogP contribution in [0, 0.1) is 6.92 Å². The first-order valence-corrected chi connectivity index (χ1v) is 6.66. The maximum absolute atomic E-state index is 4.59. The predicted molar refractivity (Wildman–Crippen MR) is 78.4 cm³/mol. The molecule has 0 unspecified atom stereocenters. The Kier molecular flexibility index (Phi) is 3.28. The molecule has 3 heterocycles. The van der Waals surface area contributed by atoms with Crippen molar-refractivity contribution >= 4 is 17.0 Å². The summed E-state index contributed by atoms with van der Waals surface area (Å²) in [7, 11) is 0. The third-order valence-electron chi connectivity index (χ3n) is 3.03. The van der Waals surface area contributed by atoms with Crippen LogP contribution in [0.15, 0.2) is 24.5 Å². The molecule has 3 rings (SSSR count). The van der Waals surface area contributed by atoms with Gasteiger partial charge in [-0.1, -0.05) is 6.92 Å². The molecule has 0 bridgehead atoms. The van der Waals surface area contributed by atoms with Crippen molar-refractivity contribution in [3.8, 4) is 11.3 Å². The molecule has 3 aromatic heterocycles. The Hall–Kier alpha value is -2.50. The molecule has 0 radical (unpaired) electrons. The van der Waals surface area contributed by atoms with Crippen molar-refractivity contribution < 1.29 is 0 Å². The van der Waals surface area contributed by atoms with E-state index in [1.165, 1.54) is 0 Å². The second-order valence-corrected chi connectivity index (χ2v) is 4.64. The Morgan fingerprint density at radius 3 is 2.85 bits per heavy atom. The van der Waals surface area contributed by atoms with E-state index < -0.39 is 0 Å². The lowest BCUT2D eigenvalue weighted by Crippen LogP contribution is -2.05. The highest BCUT2D eigenvalue weighted by Crippen LogP contribution is 2.25. The maximum atomic E-state index is 4.59. The van der Waals surface area contributed by atoms with E-state index >= 15 is 0 Å². The van der Waals surface area contributed by atoms with Gasteiger partial charge in [-0.25, -0.2) is 4.98 Å². The molecule has 0 amide bonds. The molecule has 3 aromatic rings. The standard InChI is InChI=1S/C14H16N6/c1-3-6-15-14-18-12(10-5-4-9(2)16-7-10)11-8-17-20-13(11)19-14/h4-5,7-8H,3,6H2,1-2H3,(H2,15,17,18,19,20). The smallest absolute Gasteiger partial charge is 0.225 e. The van der Waals surface area contributed by atoms with Crippen LogP contribution >= 0.6 is 0 Å². The number of fused-ring (bicyclic) bond motifs is 1. The molecule has 0 aliphatic heterocycles. The number of hydrogen-bond acceptors (Lipinski definition) is 5. The zero-order chi connectivity index (χ0) is 13.9. The second kappa shape index (κ2) is 5.24. The molecule has 0 fully saturated rings. The van der Waals surface area contributed by atoms with E-state index in [2.05, 4.69) is 37.4 Å². The average molecular weight is 268 g/mol. The van der Waals surface area contributed by atoms with Crippen molar-refractivity contribution in [3.63, 3.8) is 0 Å². The van der Waals surface area contributed by atoms with E-state index in [0.717, 1.165) is 41.0 Å². The van der Waals surface area contributed by atoms with Gasteiger partial charge in [0.15, 0.2) is 5.65 Å². The molecule has 6 heteroatoms. The number of rotatable bonds is 4. The molecule has 0 atom stereocenters. The number of aromatic amines is 1. The van der Waals surface area contributed by atoms with Gasteiger partial charge in [-0.15, -0.1) is 0 Å². The largest absolute Gasteiger partial charge is 0.354 e. The van der Waals surface area contributed by atoms with Crippen LogP contribution in [0.5, 0.6) is 0 Å². The zero-order valence-electron chi connectivity index (χ0n) is 11.5. The van der Waals surface area contributed by atoms with E-state index in [1.807, 2.05) is 25.3 Å². The normalized spacial score (nSPS) is 10.9. The summed E-state index contributed by atoms with van der Waals surface area (Å²) in [5.74, 6) is 0.610. The maximum Gasteiger partial charge on any atom is 0.225 e. The molecule has 0 aromatic carbocycles. The third kappa shape index (κ3) is 2.32. The SMILES string of the molecule is CCCNc1nc(-c2ccc(C)nc2)c2cn[nH]c2n1. The van der Waals surface area contributed by atoms with E-state index in [9.17, 15) is 0 Å². The molecule has 2 N–H and O–H groups in total. The van der Waals surface area contributed by atoms with Crippen LogP contribution in [0.3, 0.4) is 0 Å². The number of pyridine rings is 1. The highest BCUT2D eigenvalue weighted by Gasteiger charge is 2.11. The average Bonchev–Trinajstić information content (AvgIpc) is 2.93. The summed E-state index contributed by atoms with van der Waals surface area (Å²) >= 11 is 0. The van der Waals surface area contributed by atoms with Crippen LogP contribution in [0.4, 0.5) is 5.95 Å². The molecule has 0 spiro atoms. The Bertz CT molecular complexity index is 716. The van der Waals surface area contributed by atoms with Gasteiger partial charge in [-0.05, 0) is 25.5 Å². The molecule has 0 aliphatic carbocycles. The number of hydrogen-bond donors (Lipinski definition) is 2. The Morgan fingerprint density at radius 1 is 1.20 bits per heavy atom. The number of aryl methyl sites for hydroxylation is 1. The van der Waals surface area contributed by atoms with E-state index in [0.29, 0.717) is 5.95 Å². The van der Waals surface area contributed by atoms with E-state index in [-0.39, 0.29) is 0 Å². The quantitative estimate of drug-likeness (QED) is 0.760. The highest BCUT2D eigenvalue weighted by atomic mass is 15.2. The summed E-state index contributed by atoms with van der Waals surface area (Å²) in [6, 6.07) is 3.99. The number of H-pyrrole nitrogens is 1. The van der Waals surface area contributed by atoms with Gasteiger partial charge < -0.3 is 5.32 Å². The summed E-state index contributed by atoms with van der Waals surface area (Å²) in [5.41, 5.74) is 3.52. The first-order valence-electron chi connectivity index (χ1n) is 6.66. The molecule has 6 nitrogen and oxygen atoms in total. The van der Waals surface area contributed by atoms with Gasteiger partial charge in [-0.3, -0.25) is 10.1 Å². The minimum Gasteiger partial charge on any atom is -0.354 e. The lowest BCUT2D eigenvalue weighted by Gasteiger charge is -2.07. The van der Waals surface area contributed by atoms with Crippen molar-refractivity contribution in [1.82, 2.24) is 25.1 Å². The number of nitrogens with zero attached hydrogens (tertiary/aromatic N) is 4. The highest BCUT2D eigenvalue weighted by molar-refractivity contribution is 5.90. The molecular weight excluding hydrogens is 252 g/mol. The van der Waals surface area contributed by atoms with Crippen molar-refractivity contribution in [1.29, 1.82) is 0 Å². The lowest BCUT2D eigenvalue weighted by atomic mass is 10.1. The summed E-state index contributed by atoms with van der Waals surface area (Å²) in [5, 5.41) is 11.1. The minimum atomic E-state index is 0.610. The molecule has 0 saturated heterocycles. The van der Waals surface area contributed by atoms with Crippen LogP contribution in [-0.4, -0.2) is 31.7 Å². The number of nitrogens with one attached hydrogen (secondary N) is 2. The molecule has 102 valence electrons. The molecule has 0 saturated carbocycles. The van der Waals surface area contributed by atoms with Crippen LogP contribution < -0.4 is 5.32 Å².